The fraction of sp³-hybridized carbons (Fsp3) is 0.263. The summed E-state index contributed by atoms with van der Waals surface area (Å²) in [5, 5.41) is 7.60. The second-order valence-corrected chi connectivity index (χ2v) is 10.2. The maximum absolute atomic E-state index is 12.5. The van der Waals surface area contributed by atoms with Gasteiger partial charge in [0.05, 0.1) is 21.9 Å². The number of carbonyl (C=O) groups is 1. The van der Waals surface area contributed by atoms with Crippen molar-refractivity contribution in [2.24, 2.45) is 0 Å². The zero-order valence-electron chi connectivity index (χ0n) is 15.0. The van der Waals surface area contributed by atoms with E-state index in [1.807, 2.05) is 22.9 Å². The van der Waals surface area contributed by atoms with E-state index in [-0.39, 0.29) is 17.2 Å². The van der Waals surface area contributed by atoms with Crippen molar-refractivity contribution in [1.82, 2.24) is 9.29 Å². The maximum Gasteiger partial charge on any atom is 0.243 e. The number of hydrogen-bond donors (Lipinski definition) is 1. The monoisotopic (exact) mass is 433 g/mol. The summed E-state index contributed by atoms with van der Waals surface area (Å²) in [6.07, 6.45) is 1.98. The third-order valence-corrected chi connectivity index (χ3v) is 8.31. The van der Waals surface area contributed by atoms with Gasteiger partial charge in [0.2, 0.25) is 15.9 Å². The summed E-state index contributed by atoms with van der Waals surface area (Å²) >= 11 is 3.14. The van der Waals surface area contributed by atoms with Crippen LogP contribution < -0.4 is 5.32 Å². The molecule has 0 saturated carbocycles. The molecule has 1 aliphatic heterocycles. The molecule has 1 aliphatic rings. The van der Waals surface area contributed by atoms with E-state index in [1.165, 1.54) is 15.6 Å². The number of sulfonamides is 1. The number of anilines is 1. The summed E-state index contributed by atoms with van der Waals surface area (Å²) in [5.74, 6) is -0.182. The number of hydrogen-bond acceptors (Lipinski definition) is 6. The Morgan fingerprint density at radius 3 is 2.54 bits per heavy atom. The van der Waals surface area contributed by atoms with Crippen LogP contribution in [0.1, 0.15) is 18.5 Å². The summed E-state index contributed by atoms with van der Waals surface area (Å²) < 4.78 is 26.6. The Morgan fingerprint density at radius 1 is 1.11 bits per heavy atom. The zero-order valence-corrected chi connectivity index (χ0v) is 17.4. The number of thiazole rings is 1. The fourth-order valence-corrected chi connectivity index (χ4v) is 6.21. The van der Waals surface area contributed by atoms with Crippen LogP contribution in [0, 0.1) is 0 Å². The third kappa shape index (κ3) is 4.17. The fourth-order valence-electron chi connectivity index (χ4n) is 3.06. The van der Waals surface area contributed by atoms with E-state index < -0.39 is 10.0 Å². The van der Waals surface area contributed by atoms with Gasteiger partial charge < -0.3 is 5.32 Å². The molecule has 1 saturated heterocycles. The molecule has 1 aromatic carbocycles. The van der Waals surface area contributed by atoms with E-state index in [9.17, 15) is 13.2 Å². The largest absolute Gasteiger partial charge is 0.326 e. The minimum atomic E-state index is -3.44. The Balaban J connectivity index is 1.38. The summed E-state index contributed by atoms with van der Waals surface area (Å²) in [4.78, 5) is 18.2. The van der Waals surface area contributed by atoms with E-state index >= 15 is 0 Å². The van der Waals surface area contributed by atoms with Crippen molar-refractivity contribution in [2.45, 2.75) is 24.2 Å². The molecule has 0 spiro atoms. The van der Waals surface area contributed by atoms with Crippen molar-refractivity contribution in [2.75, 3.05) is 18.4 Å². The summed E-state index contributed by atoms with van der Waals surface area (Å²) in [6.45, 7) is 1.14. The van der Waals surface area contributed by atoms with Crippen molar-refractivity contribution in [3.63, 3.8) is 0 Å². The lowest BCUT2D eigenvalue weighted by Gasteiger charge is -2.15. The van der Waals surface area contributed by atoms with Gasteiger partial charge in [-0.25, -0.2) is 13.4 Å². The normalized spacial score (nSPS) is 15.0. The van der Waals surface area contributed by atoms with Crippen LogP contribution >= 0.6 is 22.7 Å². The van der Waals surface area contributed by atoms with Gasteiger partial charge in [-0.2, -0.15) is 4.31 Å². The maximum atomic E-state index is 12.5. The minimum absolute atomic E-state index is 0.176. The van der Waals surface area contributed by atoms with E-state index in [1.54, 1.807) is 35.6 Å². The number of thiophene rings is 1. The smallest absolute Gasteiger partial charge is 0.243 e. The molecule has 28 heavy (non-hydrogen) atoms. The average molecular weight is 434 g/mol. The van der Waals surface area contributed by atoms with Crippen molar-refractivity contribution in [1.29, 1.82) is 0 Å². The van der Waals surface area contributed by atoms with Gasteiger partial charge in [-0.05, 0) is 48.6 Å². The second-order valence-electron chi connectivity index (χ2n) is 6.48. The molecule has 0 aliphatic carbocycles. The molecule has 2 aromatic heterocycles. The molecular weight excluding hydrogens is 414 g/mol. The van der Waals surface area contributed by atoms with Crippen LogP contribution in [0.2, 0.25) is 0 Å². The van der Waals surface area contributed by atoms with Crippen LogP contribution in [-0.2, 0) is 21.2 Å². The minimum Gasteiger partial charge on any atom is -0.326 e. The van der Waals surface area contributed by atoms with E-state index in [0.29, 0.717) is 18.8 Å². The topological polar surface area (TPSA) is 79.4 Å². The average Bonchev–Trinajstić information content (AvgIpc) is 3.44. The van der Waals surface area contributed by atoms with Crippen molar-refractivity contribution in [3.05, 3.63) is 52.9 Å². The van der Waals surface area contributed by atoms with Crippen LogP contribution in [-0.4, -0.2) is 36.7 Å². The van der Waals surface area contributed by atoms with Crippen molar-refractivity contribution in [3.8, 4) is 9.88 Å². The number of nitrogens with zero attached hydrogens (tertiary/aromatic N) is 2. The molecule has 1 fully saturated rings. The molecule has 4 rings (SSSR count). The van der Waals surface area contributed by atoms with Gasteiger partial charge in [0.25, 0.3) is 0 Å². The van der Waals surface area contributed by atoms with Gasteiger partial charge in [0.1, 0.15) is 5.01 Å². The first-order valence-corrected chi connectivity index (χ1v) is 12.1. The molecule has 0 atom stereocenters. The standard InChI is InChI=1S/C19H19N3O3S3/c23-18(12-15-13-27-19(21-15)17-4-3-11-26-17)20-14-5-7-16(8-6-14)28(24,25)22-9-1-2-10-22/h3-8,11,13H,1-2,9-10,12H2,(H,20,23). The van der Waals surface area contributed by atoms with Gasteiger partial charge in [-0.1, -0.05) is 6.07 Å². The SMILES string of the molecule is O=C(Cc1csc(-c2cccs2)n1)Nc1ccc(S(=O)(=O)N2CCCC2)cc1. The van der Waals surface area contributed by atoms with Gasteiger partial charge >= 0.3 is 0 Å². The number of rotatable bonds is 6. The predicted octanol–water partition coefficient (Wildman–Crippen LogP) is 3.84. The molecule has 146 valence electrons. The Kier molecular flexibility index (Phi) is 5.58. The lowest BCUT2D eigenvalue weighted by Crippen LogP contribution is -2.27. The first-order valence-electron chi connectivity index (χ1n) is 8.91. The van der Waals surface area contributed by atoms with Crippen LogP contribution in [0.15, 0.2) is 52.1 Å². The molecule has 3 aromatic rings. The molecule has 3 heterocycles. The Labute approximate surface area is 171 Å². The highest BCUT2D eigenvalue weighted by Gasteiger charge is 2.26. The van der Waals surface area contributed by atoms with E-state index in [0.717, 1.165) is 28.4 Å². The summed E-state index contributed by atoms with van der Waals surface area (Å²) in [6, 6.07) is 10.3. The van der Waals surface area contributed by atoms with Gasteiger partial charge in [0, 0.05) is 24.2 Å². The molecule has 9 heteroatoms. The zero-order chi connectivity index (χ0) is 19.6. The third-order valence-electron chi connectivity index (χ3n) is 4.47. The molecule has 6 nitrogen and oxygen atoms in total. The van der Waals surface area contributed by atoms with Crippen LogP contribution in [0.4, 0.5) is 5.69 Å². The second kappa shape index (κ2) is 8.12. The molecule has 1 amide bonds. The molecule has 1 N–H and O–H groups in total. The number of nitrogens with one attached hydrogen (secondary N) is 1. The van der Waals surface area contributed by atoms with Crippen molar-refractivity contribution < 1.29 is 13.2 Å². The predicted molar refractivity (Wildman–Crippen MR) is 112 cm³/mol. The molecule has 0 unspecified atom stereocenters. The number of benzene rings is 1. The Hall–Kier alpha value is -2.07. The number of carbonyl (C=O) groups excluding carboxylic acids is 1. The highest BCUT2D eigenvalue weighted by atomic mass is 32.2. The van der Waals surface area contributed by atoms with Gasteiger partial charge in [-0.15, -0.1) is 22.7 Å². The molecular formula is C19H19N3O3S3. The van der Waals surface area contributed by atoms with Gasteiger partial charge in [0.15, 0.2) is 0 Å². The number of aromatic nitrogens is 1. The van der Waals surface area contributed by atoms with Crippen LogP contribution in [0.25, 0.3) is 9.88 Å². The summed E-state index contributed by atoms with van der Waals surface area (Å²) in [7, 11) is -3.44. The first-order chi connectivity index (χ1) is 13.5. The molecule has 0 radical (unpaired) electrons. The highest BCUT2D eigenvalue weighted by molar-refractivity contribution is 7.89. The molecule has 0 bridgehead atoms. The van der Waals surface area contributed by atoms with Crippen molar-refractivity contribution >= 4 is 44.3 Å². The highest BCUT2D eigenvalue weighted by Crippen LogP contribution is 2.28. The van der Waals surface area contributed by atoms with E-state index in [2.05, 4.69) is 10.3 Å². The van der Waals surface area contributed by atoms with Crippen LogP contribution in [0.5, 0.6) is 0 Å². The quantitative estimate of drug-likeness (QED) is 0.641. The lowest BCUT2D eigenvalue weighted by molar-refractivity contribution is -0.115. The summed E-state index contributed by atoms with van der Waals surface area (Å²) in [5.41, 5.74) is 1.29. The lowest BCUT2D eigenvalue weighted by atomic mass is 10.3. The Bertz CT molecular complexity index is 1050. The van der Waals surface area contributed by atoms with Crippen LogP contribution in [0.3, 0.4) is 0 Å². The Morgan fingerprint density at radius 2 is 1.86 bits per heavy atom. The first kappa shape index (κ1) is 19.3. The number of amides is 1. The van der Waals surface area contributed by atoms with E-state index in [4.69, 9.17) is 0 Å². The van der Waals surface area contributed by atoms with Gasteiger partial charge in [-0.3, -0.25) is 4.79 Å².